The highest BCUT2D eigenvalue weighted by atomic mass is 16.6. The van der Waals surface area contributed by atoms with Crippen molar-refractivity contribution in [2.45, 2.75) is 18.9 Å². The van der Waals surface area contributed by atoms with E-state index in [1.807, 2.05) is 34.1 Å². The van der Waals surface area contributed by atoms with E-state index < -0.39 is 4.92 Å². The van der Waals surface area contributed by atoms with Crippen LogP contribution in [0, 0.1) is 10.1 Å². The van der Waals surface area contributed by atoms with E-state index in [1.165, 1.54) is 6.07 Å². The lowest BCUT2D eigenvalue weighted by atomic mass is 10.0. The molecule has 0 spiro atoms. The number of ether oxygens (including phenoxy) is 2. The van der Waals surface area contributed by atoms with Crippen molar-refractivity contribution in [2.24, 2.45) is 0 Å². The second-order valence-corrected chi connectivity index (χ2v) is 7.49. The van der Waals surface area contributed by atoms with Crippen LogP contribution in [0.15, 0.2) is 42.5 Å². The number of likely N-dealkylation sites (tertiary alicyclic amines) is 1. The molecule has 0 aliphatic carbocycles. The SMILES string of the molecule is COc1ccc(C2CCCN2C(=O)c2ccc(N3CCOCC3)c([N+](=O)[O-])c2)cc1. The monoisotopic (exact) mass is 411 g/mol. The van der Waals surface area contributed by atoms with Gasteiger partial charge in [-0.2, -0.15) is 0 Å². The number of amides is 1. The molecule has 8 nitrogen and oxygen atoms in total. The lowest BCUT2D eigenvalue weighted by Gasteiger charge is -2.29. The number of nitrogens with zero attached hydrogens (tertiary/aromatic N) is 3. The van der Waals surface area contributed by atoms with Crippen molar-refractivity contribution in [1.29, 1.82) is 0 Å². The minimum absolute atomic E-state index is 0.0389. The number of carbonyl (C=O) groups excluding carboxylic acids is 1. The fourth-order valence-electron chi connectivity index (χ4n) is 4.22. The molecule has 1 amide bonds. The van der Waals surface area contributed by atoms with Crippen LogP contribution in [0.25, 0.3) is 0 Å². The van der Waals surface area contributed by atoms with Gasteiger partial charge in [0.25, 0.3) is 11.6 Å². The molecule has 2 aromatic carbocycles. The summed E-state index contributed by atoms with van der Waals surface area (Å²) in [7, 11) is 1.62. The lowest BCUT2D eigenvalue weighted by molar-refractivity contribution is -0.384. The Balaban J connectivity index is 1.60. The minimum atomic E-state index is -0.410. The molecule has 0 radical (unpaired) electrons. The summed E-state index contributed by atoms with van der Waals surface area (Å²) in [5, 5.41) is 11.7. The first-order valence-corrected chi connectivity index (χ1v) is 10.1. The van der Waals surface area contributed by atoms with Gasteiger partial charge in [-0.3, -0.25) is 14.9 Å². The van der Waals surface area contributed by atoms with E-state index in [0.717, 1.165) is 24.2 Å². The summed E-state index contributed by atoms with van der Waals surface area (Å²) in [5.74, 6) is 0.592. The molecule has 2 fully saturated rings. The highest BCUT2D eigenvalue weighted by Gasteiger charge is 2.32. The van der Waals surface area contributed by atoms with Gasteiger partial charge < -0.3 is 19.3 Å². The number of methoxy groups -OCH3 is 1. The van der Waals surface area contributed by atoms with Crippen LogP contribution >= 0.6 is 0 Å². The number of morpholine rings is 1. The Bertz CT molecular complexity index is 925. The van der Waals surface area contributed by atoms with Crippen LogP contribution in [0.3, 0.4) is 0 Å². The molecule has 2 heterocycles. The molecular formula is C22H25N3O5. The number of nitro benzene ring substituents is 1. The zero-order chi connectivity index (χ0) is 21.1. The molecule has 2 saturated heterocycles. The van der Waals surface area contributed by atoms with Crippen LogP contribution in [0.1, 0.15) is 34.8 Å². The van der Waals surface area contributed by atoms with Gasteiger partial charge in [0.05, 0.1) is 31.3 Å². The molecule has 2 aliphatic rings. The number of benzene rings is 2. The molecule has 2 aromatic rings. The number of anilines is 1. The summed E-state index contributed by atoms with van der Waals surface area (Å²) in [5.41, 5.74) is 1.89. The summed E-state index contributed by atoms with van der Waals surface area (Å²) >= 11 is 0. The van der Waals surface area contributed by atoms with E-state index in [9.17, 15) is 14.9 Å². The summed E-state index contributed by atoms with van der Waals surface area (Å²) in [6.07, 6.45) is 1.77. The van der Waals surface area contributed by atoms with Crippen molar-refractivity contribution >= 4 is 17.3 Å². The average molecular weight is 411 g/mol. The molecule has 0 saturated carbocycles. The first-order chi connectivity index (χ1) is 14.6. The first-order valence-electron chi connectivity index (χ1n) is 10.1. The lowest BCUT2D eigenvalue weighted by Crippen LogP contribution is -2.36. The van der Waals surface area contributed by atoms with E-state index in [0.29, 0.717) is 44.1 Å². The summed E-state index contributed by atoms with van der Waals surface area (Å²) < 4.78 is 10.6. The number of hydrogen-bond acceptors (Lipinski definition) is 6. The van der Waals surface area contributed by atoms with E-state index >= 15 is 0 Å². The van der Waals surface area contributed by atoms with Gasteiger partial charge in [-0.05, 0) is 42.7 Å². The maximum atomic E-state index is 13.3. The second kappa shape index (κ2) is 8.71. The van der Waals surface area contributed by atoms with Gasteiger partial charge in [0.2, 0.25) is 0 Å². The van der Waals surface area contributed by atoms with Crippen LogP contribution in [-0.2, 0) is 4.74 Å². The standard InChI is InChI=1S/C22H25N3O5/c1-29-18-7-4-16(5-8-18)19-3-2-10-24(19)22(26)17-6-9-20(21(15-17)25(27)28)23-11-13-30-14-12-23/h4-9,15,19H,2-3,10-14H2,1H3. The topological polar surface area (TPSA) is 85.2 Å². The average Bonchev–Trinajstić information content (AvgIpc) is 3.28. The van der Waals surface area contributed by atoms with Crippen LogP contribution in [0.5, 0.6) is 5.75 Å². The van der Waals surface area contributed by atoms with E-state index in [4.69, 9.17) is 9.47 Å². The van der Waals surface area contributed by atoms with E-state index in [1.54, 1.807) is 19.2 Å². The van der Waals surface area contributed by atoms with E-state index in [-0.39, 0.29) is 17.6 Å². The number of hydrogen-bond donors (Lipinski definition) is 0. The Morgan fingerprint density at radius 2 is 1.87 bits per heavy atom. The Kier molecular flexibility index (Phi) is 5.85. The molecule has 158 valence electrons. The van der Waals surface area contributed by atoms with Crippen molar-refractivity contribution in [3.8, 4) is 5.75 Å². The van der Waals surface area contributed by atoms with Crippen LogP contribution in [0.4, 0.5) is 11.4 Å². The molecule has 0 bridgehead atoms. The third-order valence-corrected chi connectivity index (χ3v) is 5.79. The number of nitro groups is 1. The molecule has 4 rings (SSSR count). The predicted octanol–water partition coefficient (Wildman–Crippen LogP) is 3.42. The molecule has 1 atom stereocenters. The normalized spacial score (nSPS) is 19.0. The molecule has 2 aliphatic heterocycles. The molecule has 30 heavy (non-hydrogen) atoms. The fraction of sp³-hybridized carbons (Fsp3) is 0.409. The number of rotatable bonds is 5. The molecule has 8 heteroatoms. The highest BCUT2D eigenvalue weighted by molar-refractivity contribution is 5.96. The Morgan fingerprint density at radius 3 is 2.53 bits per heavy atom. The maximum absolute atomic E-state index is 13.3. The van der Waals surface area contributed by atoms with Gasteiger partial charge in [-0.15, -0.1) is 0 Å². The van der Waals surface area contributed by atoms with Gasteiger partial charge in [0.1, 0.15) is 11.4 Å². The van der Waals surface area contributed by atoms with Crippen LogP contribution in [-0.4, -0.2) is 55.7 Å². The Morgan fingerprint density at radius 1 is 1.13 bits per heavy atom. The van der Waals surface area contributed by atoms with Gasteiger partial charge in [-0.25, -0.2) is 0 Å². The van der Waals surface area contributed by atoms with E-state index in [2.05, 4.69) is 0 Å². The minimum Gasteiger partial charge on any atom is -0.497 e. The molecule has 1 unspecified atom stereocenters. The van der Waals surface area contributed by atoms with Crippen LogP contribution < -0.4 is 9.64 Å². The third kappa shape index (κ3) is 3.95. The molecule has 0 aromatic heterocycles. The van der Waals surface area contributed by atoms with Gasteiger partial charge in [0, 0.05) is 31.3 Å². The van der Waals surface area contributed by atoms with Crippen molar-refractivity contribution in [1.82, 2.24) is 4.90 Å². The summed E-state index contributed by atoms with van der Waals surface area (Å²) in [4.78, 5) is 28.3. The third-order valence-electron chi connectivity index (χ3n) is 5.79. The zero-order valence-corrected chi connectivity index (χ0v) is 17.0. The molecular weight excluding hydrogens is 386 g/mol. The second-order valence-electron chi connectivity index (χ2n) is 7.49. The van der Waals surface area contributed by atoms with Gasteiger partial charge in [0.15, 0.2) is 0 Å². The Hall–Kier alpha value is -3.13. The predicted molar refractivity (Wildman–Crippen MR) is 112 cm³/mol. The van der Waals surface area contributed by atoms with Crippen molar-refractivity contribution in [3.63, 3.8) is 0 Å². The highest BCUT2D eigenvalue weighted by Crippen LogP contribution is 2.36. The summed E-state index contributed by atoms with van der Waals surface area (Å²) in [6.45, 7) is 2.90. The molecule has 0 N–H and O–H groups in total. The zero-order valence-electron chi connectivity index (χ0n) is 17.0. The smallest absolute Gasteiger partial charge is 0.293 e. The van der Waals surface area contributed by atoms with Gasteiger partial charge in [-0.1, -0.05) is 12.1 Å². The van der Waals surface area contributed by atoms with Crippen LogP contribution in [0.2, 0.25) is 0 Å². The quantitative estimate of drug-likeness (QED) is 0.554. The largest absolute Gasteiger partial charge is 0.497 e. The summed E-state index contributed by atoms with van der Waals surface area (Å²) in [6, 6.07) is 12.5. The van der Waals surface area contributed by atoms with Crippen molar-refractivity contribution in [3.05, 3.63) is 63.7 Å². The Labute approximate surface area is 175 Å². The number of carbonyl (C=O) groups is 1. The van der Waals surface area contributed by atoms with Crippen molar-refractivity contribution in [2.75, 3.05) is 44.9 Å². The van der Waals surface area contributed by atoms with Gasteiger partial charge >= 0.3 is 0 Å². The van der Waals surface area contributed by atoms with Crippen molar-refractivity contribution < 1.29 is 19.2 Å². The fourth-order valence-corrected chi connectivity index (χ4v) is 4.22. The first kappa shape index (κ1) is 20.2. The maximum Gasteiger partial charge on any atom is 0.293 e.